The lowest BCUT2D eigenvalue weighted by atomic mass is 9.97. The number of hydrogen-bond donors (Lipinski definition) is 1. The quantitative estimate of drug-likeness (QED) is 0.396. The highest BCUT2D eigenvalue weighted by molar-refractivity contribution is 7.99. The molecule has 1 aliphatic carbocycles. The van der Waals surface area contributed by atoms with Gasteiger partial charge in [0.25, 0.3) is 5.78 Å². The molecule has 0 bridgehead atoms. The first-order valence-electron chi connectivity index (χ1n) is 9.88. The molecule has 5 aromatic rings. The molecule has 0 atom stereocenters. The van der Waals surface area contributed by atoms with Crippen molar-refractivity contribution in [3.8, 4) is 0 Å². The van der Waals surface area contributed by atoms with Crippen molar-refractivity contribution in [3.05, 3.63) is 46.1 Å². The second kappa shape index (κ2) is 7.47. The second-order valence-corrected chi connectivity index (χ2v) is 9.81. The second-order valence-electron chi connectivity index (χ2n) is 7.35. The predicted molar refractivity (Wildman–Crippen MR) is 122 cm³/mol. The summed E-state index contributed by atoms with van der Waals surface area (Å²) in [5.41, 5.74) is 2.86. The molecule has 0 spiro atoms. The maximum atomic E-state index is 12.5. The van der Waals surface area contributed by atoms with Crippen molar-refractivity contribution >= 4 is 67.9 Å². The molecule has 4 aromatic heterocycles. The average molecular weight is 470 g/mol. The fourth-order valence-corrected chi connectivity index (χ4v) is 6.43. The van der Waals surface area contributed by atoms with Crippen LogP contribution in [0.5, 0.6) is 0 Å². The Balaban J connectivity index is 1.39. The molecule has 0 radical (unpaired) electrons. The highest BCUT2D eigenvalue weighted by atomic mass is 35.5. The van der Waals surface area contributed by atoms with Crippen molar-refractivity contribution in [1.82, 2.24) is 29.2 Å². The monoisotopic (exact) mass is 469 g/mol. The summed E-state index contributed by atoms with van der Waals surface area (Å²) in [6, 6.07) is 7.10. The summed E-state index contributed by atoms with van der Waals surface area (Å²) in [5.74, 6) is 0.680. The van der Waals surface area contributed by atoms with Gasteiger partial charge >= 0.3 is 0 Å². The van der Waals surface area contributed by atoms with Crippen LogP contribution < -0.4 is 5.32 Å². The normalized spacial score (nSPS) is 13.8. The molecule has 11 heteroatoms. The zero-order valence-electron chi connectivity index (χ0n) is 16.2. The fraction of sp³-hybridized carbons (Fsp3) is 0.250. The van der Waals surface area contributed by atoms with Crippen LogP contribution in [-0.2, 0) is 17.6 Å². The van der Waals surface area contributed by atoms with Gasteiger partial charge < -0.3 is 5.32 Å². The number of carbonyl (C=O) groups excluding carboxylic acids is 1. The van der Waals surface area contributed by atoms with E-state index in [9.17, 15) is 4.79 Å². The molecule has 0 unspecified atom stereocenters. The summed E-state index contributed by atoms with van der Waals surface area (Å²) in [5, 5.41) is 18.4. The summed E-state index contributed by atoms with van der Waals surface area (Å²) >= 11 is 9.13. The molecule has 1 N–H and O–H groups in total. The molecule has 1 amide bonds. The SMILES string of the molecule is O=C(CSc1nnc2n3ncnc3c3c4c(sc3n12)CCCC4)Nc1cccc(Cl)c1. The van der Waals surface area contributed by atoms with E-state index >= 15 is 0 Å². The molecule has 1 aliphatic rings. The predicted octanol–water partition coefficient (Wildman–Crippen LogP) is 4.25. The standard InChI is InChI=1S/C20H16ClN7OS2/c21-11-4-3-5-12(8-11)24-15(29)9-30-20-26-25-19-27(20)18-16(17-22-10-23-28(17)19)13-6-1-2-7-14(13)31-18/h3-5,8,10H,1-2,6-7,9H2,(H,24,29). The number of rotatable bonds is 4. The van der Waals surface area contributed by atoms with Crippen LogP contribution in [0.4, 0.5) is 5.69 Å². The first-order valence-corrected chi connectivity index (χ1v) is 12.1. The number of nitrogens with one attached hydrogen (secondary N) is 1. The highest BCUT2D eigenvalue weighted by Gasteiger charge is 2.24. The number of aromatic nitrogens is 6. The number of benzene rings is 1. The third-order valence-corrected chi connectivity index (χ3v) is 7.81. The Kier molecular flexibility index (Phi) is 4.58. The molecule has 4 heterocycles. The number of anilines is 1. The lowest BCUT2D eigenvalue weighted by molar-refractivity contribution is -0.113. The number of amides is 1. The molecule has 6 rings (SSSR count). The fourth-order valence-electron chi connectivity index (χ4n) is 4.06. The van der Waals surface area contributed by atoms with Crippen molar-refractivity contribution in [2.45, 2.75) is 30.8 Å². The Hall–Kier alpha value is -2.69. The van der Waals surface area contributed by atoms with Gasteiger partial charge in [-0.05, 0) is 49.4 Å². The van der Waals surface area contributed by atoms with Crippen molar-refractivity contribution in [2.75, 3.05) is 11.1 Å². The van der Waals surface area contributed by atoms with E-state index in [2.05, 4.69) is 25.6 Å². The van der Waals surface area contributed by atoms with E-state index in [4.69, 9.17) is 11.6 Å². The van der Waals surface area contributed by atoms with E-state index in [-0.39, 0.29) is 11.7 Å². The number of thioether (sulfide) groups is 1. The Labute approximate surface area is 189 Å². The van der Waals surface area contributed by atoms with Gasteiger partial charge in [0, 0.05) is 15.6 Å². The van der Waals surface area contributed by atoms with E-state index in [0.717, 1.165) is 28.7 Å². The molecule has 1 aromatic carbocycles. The molecule has 31 heavy (non-hydrogen) atoms. The maximum absolute atomic E-state index is 12.5. The zero-order valence-corrected chi connectivity index (χ0v) is 18.6. The summed E-state index contributed by atoms with van der Waals surface area (Å²) < 4.78 is 3.75. The summed E-state index contributed by atoms with van der Waals surface area (Å²) in [6.45, 7) is 0. The molecular weight excluding hydrogens is 454 g/mol. The van der Waals surface area contributed by atoms with E-state index < -0.39 is 0 Å². The van der Waals surface area contributed by atoms with Gasteiger partial charge in [0.2, 0.25) is 5.91 Å². The number of fused-ring (bicyclic) bond motifs is 8. The van der Waals surface area contributed by atoms with Gasteiger partial charge in [-0.3, -0.25) is 4.79 Å². The first-order chi connectivity index (χ1) is 15.2. The van der Waals surface area contributed by atoms with Gasteiger partial charge in [-0.15, -0.1) is 21.5 Å². The summed E-state index contributed by atoms with van der Waals surface area (Å²) in [4.78, 5) is 19.5. The van der Waals surface area contributed by atoms with Crippen LogP contribution >= 0.6 is 34.7 Å². The highest BCUT2D eigenvalue weighted by Crippen LogP contribution is 2.39. The third-order valence-electron chi connectivity index (χ3n) is 5.37. The minimum atomic E-state index is -0.132. The Morgan fingerprint density at radius 2 is 2.16 bits per heavy atom. The summed E-state index contributed by atoms with van der Waals surface area (Å²) in [7, 11) is 0. The van der Waals surface area contributed by atoms with Gasteiger partial charge in [0.15, 0.2) is 10.8 Å². The number of carbonyl (C=O) groups is 1. The molecule has 156 valence electrons. The van der Waals surface area contributed by atoms with Crippen LogP contribution in [0.25, 0.3) is 21.6 Å². The van der Waals surface area contributed by atoms with Crippen LogP contribution in [-0.4, -0.2) is 40.9 Å². The Morgan fingerprint density at radius 1 is 1.26 bits per heavy atom. The van der Waals surface area contributed by atoms with E-state index in [1.807, 2.05) is 10.5 Å². The van der Waals surface area contributed by atoms with Gasteiger partial charge in [0.1, 0.15) is 11.2 Å². The number of aryl methyl sites for hydroxylation is 2. The summed E-state index contributed by atoms with van der Waals surface area (Å²) in [6.07, 6.45) is 6.09. The number of hydrogen-bond acceptors (Lipinski definition) is 7. The lowest BCUT2D eigenvalue weighted by Crippen LogP contribution is -2.14. The molecule has 0 fully saturated rings. The van der Waals surface area contributed by atoms with Crippen molar-refractivity contribution in [2.24, 2.45) is 0 Å². The molecule has 0 saturated heterocycles. The number of halogens is 1. The minimum absolute atomic E-state index is 0.132. The van der Waals surface area contributed by atoms with Crippen LogP contribution in [0, 0.1) is 0 Å². The molecule has 0 aliphatic heterocycles. The number of nitrogens with zero attached hydrogens (tertiary/aromatic N) is 6. The van der Waals surface area contributed by atoms with Gasteiger partial charge in [0.05, 0.1) is 11.1 Å². The smallest absolute Gasteiger partial charge is 0.260 e. The zero-order chi connectivity index (χ0) is 20.9. The third kappa shape index (κ3) is 3.17. The van der Waals surface area contributed by atoms with Crippen LogP contribution in [0.2, 0.25) is 5.02 Å². The molecular formula is C20H16ClN7OS2. The van der Waals surface area contributed by atoms with Crippen molar-refractivity contribution in [1.29, 1.82) is 0 Å². The van der Waals surface area contributed by atoms with Crippen LogP contribution in [0.15, 0.2) is 35.7 Å². The van der Waals surface area contributed by atoms with E-state index in [1.165, 1.54) is 35.0 Å². The molecule has 8 nitrogen and oxygen atoms in total. The van der Waals surface area contributed by atoms with Crippen LogP contribution in [0.1, 0.15) is 23.3 Å². The van der Waals surface area contributed by atoms with Crippen LogP contribution in [0.3, 0.4) is 0 Å². The van der Waals surface area contributed by atoms with E-state index in [1.54, 1.807) is 40.4 Å². The van der Waals surface area contributed by atoms with Crippen molar-refractivity contribution < 1.29 is 4.79 Å². The first kappa shape index (κ1) is 19.0. The minimum Gasteiger partial charge on any atom is -0.325 e. The maximum Gasteiger partial charge on any atom is 0.260 e. The Morgan fingerprint density at radius 3 is 3.06 bits per heavy atom. The van der Waals surface area contributed by atoms with Crippen molar-refractivity contribution in [3.63, 3.8) is 0 Å². The van der Waals surface area contributed by atoms with E-state index in [0.29, 0.717) is 21.6 Å². The van der Waals surface area contributed by atoms with Gasteiger partial charge in [-0.2, -0.15) is 9.61 Å². The number of thiophene rings is 1. The average Bonchev–Trinajstić information content (AvgIpc) is 3.47. The molecule has 0 saturated carbocycles. The Bertz CT molecular complexity index is 1470. The topological polar surface area (TPSA) is 89.5 Å². The largest absolute Gasteiger partial charge is 0.325 e. The lowest BCUT2D eigenvalue weighted by Gasteiger charge is -2.10. The van der Waals surface area contributed by atoms with Gasteiger partial charge in [-0.1, -0.05) is 29.4 Å². The van der Waals surface area contributed by atoms with Gasteiger partial charge in [-0.25, -0.2) is 9.38 Å².